The first-order valence-electron chi connectivity index (χ1n) is 5.72. The number of rotatable bonds is 2. The van der Waals surface area contributed by atoms with Crippen LogP contribution >= 0.6 is 0 Å². The van der Waals surface area contributed by atoms with Crippen molar-refractivity contribution in [3.63, 3.8) is 0 Å². The lowest BCUT2D eigenvalue weighted by molar-refractivity contribution is -0.138. The zero-order valence-corrected chi connectivity index (χ0v) is 9.69. The molecule has 1 aromatic carbocycles. The minimum atomic E-state index is -0.637. The van der Waals surface area contributed by atoms with Gasteiger partial charge in [-0.2, -0.15) is 0 Å². The molecule has 0 unspecified atom stereocenters. The Morgan fingerprint density at radius 2 is 1.94 bits per heavy atom. The SMILES string of the molecule is CC[C@]1(c2ccc(O)cc2)CCC(=O)NC1=O. The number of phenolic OH excluding ortho intramolecular Hbond substituents is 1. The van der Waals surface area contributed by atoms with E-state index in [2.05, 4.69) is 5.32 Å². The van der Waals surface area contributed by atoms with Crippen LogP contribution in [0.2, 0.25) is 0 Å². The van der Waals surface area contributed by atoms with Crippen molar-refractivity contribution in [2.24, 2.45) is 0 Å². The Bertz CT molecular complexity index is 452. The Balaban J connectivity index is 2.40. The summed E-state index contributed by atoms with van der Waals surface area (Å²) in [6.45, 7) is 1.93. The van der Waals surface area contributed by atoms with Gasteiger partial charge in [-0.05, 0) is 30.5 Å². The van der Waals surface area contributed by atoms with E-state index in [-0.39, 0.29) is 17.6 Å². The third-order valence-electron chi connectivity index (χ3n) is 3.49. The van der Waals surface area contributed by atoms with Gasteiger partial charge in [-0.1, -0.05) is 19.1 Å². The second-order valence-electron chi connectivity index (χ2n) is 4.36. The van der Waals surface area contributed by atoms with Crippen LogP contribution in [0.5, 0.6) is 5.75 Å². The van der Waals surface area contributed by atoms with Gasteiger partial charge in [0.15, 0.2) is 0 Å². The fraction of sp³-hybridized carbons (Fsp3) is 0.385. The Morgan fingerprint density at radius 1 is 1.29 bits per heavy atom. The molecule has 4 heteroatoms. The van der Waals surface area contributed by atoms with Gasteiger partial charge in [0, 0.05) is 6.42 Å². The number of imide groups is 1. The van der Waals surface area contributed by atoms with Crippen LogP contribution in [0.1, 0.15) is 31.7 Å². The standard InChI is InChI=1S/C13H15NO3/c1-2-13(8-7-11(16)14-12(13)17)9-3-5-10(15)6-4-9/h3-6,15H,2,7-8H2,1H3,(H,14,16,17)/t13-/m1/s1. The fourth-order valence-electron chi connectivity index (χ4n) is 2.35. The number of aromatic hydroxyl groups is 1. The van der Waals surface area contributed by atoms with Crippen LogP contribution in [0.4, 0.5) is 0 Å². The van der Waals surface area contributed by atoms with Gasteiger partial charge in [-0.15, -0.1) is 0 Å². The van der Waals surface area contributed by atoms with Crippen LogP contribution in [0, 0.1) is 0 Å². The molecular weight excluding hydrogens is 218 g/mol. The van der Waals surface area contributed by atoms with Gasteiger partial charge in [-0.25, -0.2) is 0 Å². The molecule has 0 bridgehead atoms. The summed E-state index contributed by atoms with van der Waals surface area (Å²) in [5.41, 5.74) is 0.213. The smallest absolute Gasteiger partial charge is 0.237 e. The Kier molecular flexibility index (Phi) is 2.88. The van der Waals surface area contributed by atoms with E-state index in [1.54, 1.807) is 24.3 Å². The highest BCUT2D eigenvalue weighted by Gasteiger charge is 2.42. The maximum Gasteiger partial charge on any atom is 0.237 e. The van der Waals surface area contributed by atoms with Gasteiger partial charge in [0.1, 0.15) is 5.75 Å². The molecule has 1 aliphatic heterocycles. The highest BCUT2D eigenvalue weighted by Crippen LogP contribution is 2.36. The van der Waals surface area contributed by atoms with Crippen molar-refractivity contribution in [2.75, 3.05) is 0 Å². The minimum absolute atomic E-state index is 0.173. The molecule has 2 N–H and O–H groups in total. The zero-order chi connectivity index (χ0) is 12.5. The number of piperidine rings is 1. The summed E-state index contributed by atoms with van der Waals surface area (Å²) in [4.78, 5) is 23.2. The molecule has 0 saturated carbocycles. The van der Waals surface area contributed by atoms with E-state index in [1.807, 2.05) is 6.92 Å². The molecule has 0 radical (unpaired) electrons. The minimum Gasteiger partial charge on any atom is -0.508 e. The van der Waals surface area contributed by atoms with Crippen molar-refractivity contribution in [1.82, 2.24) is 5.32 Å². The van der Waals surface area contributed by atoms with Crippen LogP contribution in [-0.4, -0.2) is 16.9 Å². The maximum atomic E-state index is 12.0. The van der Waals surface area contributed by atoms with E-state index in [4.69, 9.17) is 0 Å². The summed E-state index contributed by atoms with van der Waals surface area (Å²) in [6.07, 6.45) is 1.52. The quantitative estimate of drug-likeness (QED) is 0.760. The zero-order valence-electron chi connectivity index (χ0n) is 9.69. The predicted octanol–water partition coefficient (Wildman–Crippen LogP) is 1.48. The topological polar surface area (TPSA) is 66.4 Å². The second-order valence-corrected chi connectivity index (χ2v) is 4.36. The van der Waals surface area contributed by atoms with Crippen molar-refractivity contribution in [2.45, 2.75) is 31.6 Å². The van der Waals surface area contributed by atoms with Gasteiger partial charge in [0.05, 0.1) is 5.41 Å². The maximum absolute atomic E-state index is 12.0. The van der Waals surface area contributed by atoms with Crippen LogP contribution < -0.4 is 5.32 Å². The fourth-order valence-corrected chi connectivity index (χ4v) is 2.35. The molecular formula is C13H15NO3. The summed E-state index contributed by atoms with van der Waals surface area (Å²) < 4.78 is 0. The molecule has 1 aliphatic rings. The Labute approximate surface area is 99.6 Å². The third kappa shape index (κ3) is 1.90. The summed E-state index contributed by atoms with van der Waals surface area (Å²) in [5, 5.41) is 11.7. The lowest BCUT2D eigenvalue weighted by Gasteiger charge is -2.34. The number of nitrogens with one attached hydrogen (secondary N) is 1. The molecule has 0 aliphatic carbocycles. The largest absolute Gasteiger partial charge is 0.508 e. The molecule has 4 nitrogen and oxygen atoms in total. The van der Waals surface area contributed by atoms with E-state index in [0.717, 1.165) is 5.56 Å². The van der Waals surface area contributed by atoms with Gasteiger partial charge in [0.2, 0.25) is 11.8 Å². The molecule has 1 fully saturated rings. The Morgan fingerprint density at radius 3 is 2.47 bits per heavy atom. The van der Waals surface area contributed by atoms with Crippen molar-refractivity contribution < 1.29 is 14.7 Å². The highest BCUT2D eigenvalue weighted by molar-refractivity contribution is 6.03. The van der Waals surface area contributed by atoms with Crippen LogP contribution in [0.25, 0.3) is 0 Å². The molecule has 1 aromatic rings. The molecule has 2 rings (SSSR count). The van der Waals surface area contributed by atoms with Gasteiger partial charge < -0.3 is 5.11 Å². The molecule has 17 heavy (non-hydrogen) atoms. The van der Waals surface area contributed by atoms with Crippen molar-refractivity contribution in [1.29, 1.82) is 0 Å². The summed E-state index contributed by atoms with van der Waals surface area (Å²) in [6, 6.07) is 6.62. The van der Waals surface area contributed by atoms with E-state index < -0.39 is 5.41 Å². The molecule has 1 heterocycles. The first-order chi connectivity index (χ1) is 8.08. The number of benzene rings is 1. The summed E-state index contributed by atoms with van der Waals surface area (Å²) >= 11 is 0. The number of hydrogen-bond acceptors (Lipinski definition) is 3. The third-order valence-corrected chi connectivity index (χ3v) is 3.49. The molecule has 90 valence electrons. The first kappa shape index (κ1) is 11.6. The monoisotopic (exact) mass is 233 g/mol. The first-order valence-corrected chi connectivity index (χ1v) is 5.72. The number of phenols is 1. The predicted molar refractivity (Wildman–Crippen MR) is 62.5 cm³/mol. The molecule has 1 saturated heterocycles. The number of carbonyl (C=O) groups excluding carboxylic acids is 2. The molecule has 2 amide bonds. The van der Waals surface area contributed by atoms with E-state index >= 15 is 0 Å². The molecule has 0 aromatic heterocycles. The van der Waals surface area contributed by atoms with Gasteiger partial charge in [-0.3, -0.25) is 14.9 Å². The van der Waals surface area contributed by atoms with E-state index in [1.165, 1.54) is 0 Å². The van der Waals surface area contributed by atoms with E-state index in [0.29, 0.717) is 19.3 Å². The van der Waals surface area contributed by atoms with Gasteiger partial charge in [0.25, 0.3) is 0 Å². The Hall–Kier alpha value is -1.84. The van der Waals surface area contributed by atoms with E-state index in [9.17, 15) is 14.7 Å². The van der Waals surface area contributed by atoms with Gasteiger partial charge >= 0.3 is 0 Å². The van der Waals surface area contributed by atoms with Crippen molar-refractivity contribution in [3.8, 4) is 5.75 Å². The number of carbonyl (C=O) groups is 2. The normalized spacial score (nSPS) is 24.5. The van der Waals surface area contributed by atoms with Crippen LogP contribution in [-0.2, 0) is 15.0 Å². The average molecular weight is 233 g/mol. The molecule has 1 atom stereocenters. The lowest BCUT2D eigenvalue weighted by atomic mass is 9.72. The summed E-state index contributed by atoms with van der Waals surface area (Å²) in [5.74, 6) is -0.271. The average Bonchev–Trinajstić information content (AvgIpc) is 2.31. The van der Waals surface area contributed by atoms with Crippen molar-refractivity contribution >= 4 is 11.8 Å². The number of amides is 2. The second kappa shape index (κ2) is 4.20. The summed E-state index contributed by atoms with van der Waals surface area (Å²) in [7, 11) is 0. The van der Waals surface area contributed by atoms with Crippen LogP contribution in [0.15, 0.2) is 24.3 Å². The number of hydrogen-bond donors (Lipinski definition) is 2. The molecule has 0 spiro atoms. The van der Waals surface area contributed by atoms with Crippen LogP contribution in [0.3, 0.4) is 0 Å². The highest BCUT2D eigenvalue weighted by atomic mass is 16.3. The lowest BCUT2D eigenvalue weighted by Crippen LogP contribution is -2.51. The van der Waals surface area contributed by atoms with Crippen molar-refractivity contribution in [3.05, 3.63) is 29.8 Å².